The van der Waals surface area contributed by atoms with Gasteiger partial charge in [-0.3, -0.25) is 24.0 Å². The molecule has 318 valence electrons. The molecule has 10 N–H and O–H groups in total. The van der Waals surface area contributed by atoms with Crippen molar-refractivity contribution in [1.29, 1.82) is 0 Å². The number of nitrogens with one attached hydrogen (secondary N) is 6. The second-order valence-electron chi connectivity index (χ2n) is 15.8. The molecule has 4 rings (SSSR count). The molecule has 58 heavy (non-hydrogen) atoms. The third-order valence-corrected chi connectivity index (χ3v) is 10.7. The lowest BCUT2D eigenvalue weighted by atomic mass is 9.95. The van der Waals surface area contributed by atoms with Crippen molar-refractivity contribution < 1.29 is 39.0 Å². The molecule has 0 radical (unpaired) electrons. The monoisotopic (exact) mass is 807 g/mol. The summed E-state index contributed by atoms with van der Waals surface area (Å²) in [7, 11) is 0. The van der Waals surface area contributed by atoms with Gasteiger partial charge in [-0.15, -0.1) is 0 Å². The largest absolute Gasteiger partial charge is 0.508 e. The van der Waals surface area contributed by atoms with Crippen LogP contribution in [0.15, 0.2) is 42.9 Å². The van der Waals surface area contributed by atoms with Gasteiger partial charge < -0.3 is 52.4 Å². The highest BCUT2D eigenvalue weighted by Gasteiger charge is 2.40. The van der Waals surface area contributed by atoms with Crippen LogP contribution in [0.3, 0.4) is 0 Å². The Labute approximate surface area is 339 Å². The highest BCUT2D eigenvalue weighted by molar-refractivity contribution is 5.97. The second-order valence-corrected chi connectivity index (χ2v) is 15.8. The number of carboxylic acids is 1. The molecule has 2 aliphatic rings. The number of imidazole rings is 1. The minimum absolute atomic E-state index is 0.0255. The average Bonchev–Trinajstić information content (AvgIpc) is 3.90. The second kappa shape index (κ2) is 22.0. The molecule has 7 atom stereocenters. The minimum Gasteiger partial charge on any atom is -0.508 e. The third-order valence-electron chi connectivity index (χ3n) is 10.7. The zero-order valence-corrected chi connectivity index (χ0v) is 34.0. The predicted octanol–water partition coefficient (Wildman–Crippen LogP) is 0.817. The number of aliphatic carboxylic acids is 1. The van der Waals surface area contributed by atoms with E-state index in [1.54, 1.807) is 25.3 Å². The molecular formula is C41H61N9O8. The molecule has 0 aliphatic carbocycles. The van der Waals surface area contributed by atoms with Crippen LogP contribution >= 0.6 is 0 Å². The number of fused-ring (bicyclic) bond motifs is 3. The number of aromatic amines is 1. The van der Waals surface area contributed by atoms with Gasteiger partial charge in [0.1, 0.15) is 36.0 Å². The molecule has 3 heterocycles. The fourth-order valence-electron chi connectivity index (χ4n) is 7.21. The molecule has 1 saturated heterocycles. The summed E-state index contributed by atoms with van der Waals surface area (Å²) < 4.78 is 0. The number of carboxylic acid groups (broad SMARTS) is 1. The number of nitrogens with zero attached hydrogens (tertiary/aromatic N) is 2. The van der Waals surface area contributed by atoms with Gasteiger partial charge in [-0.2, -0.15) is 0 Å². The summed E-state index contributed by atoms with van der Waals surface area (Å²) in [5, 5.41) is 34.8. The summed E-state index contributed by atoms with van der Waals surface area (Å²) >= 11 is 0. The van der Waals surface area contributed by atoms with Crippen LogP contribution < -0.4 is 32.3 Å². The van der Waals surface area contributed by atoms with Crippen LogP contribution in [0.1, 0.15) is 83.0 Å². The molecule has 1 fully saturated rings. The first-order chi connectivity index (χ1) is 27.7. The average molecular weight is 808 g/mol. The van der Waals surface area contributed by atoms with Crippen LogP contribution in [0.25, 0.3) is 0 Å². The predicted molar refractivity (Wildman–Crippen MR) is 216 cm³/mol. The van der Waals surface area contributed by atoms with Crippen molar-refractivity contribution in [3.63, 3.8) is 0 Å². The fraction of sp³-hybridized carbons (Fsp3) is 0.585. The van der Waals surface area contributed by atoms with Crippen molar-refractivity contribution in [2.24, 2.45) is 17.6 Å². The summed E-state index contributed by atoms with van der Waals surface area (Å²) in [5.74, 6) is -4.51. The van der Waals surface area contributed by atoms with Gasteiger partial charge in [-0.1, -0.05) is 58.4 Å². The Bertz CT molecular complexity index is 1750. The molecule has 0 spiro atoms. The van der Waals surface area contributed by atoms with E-state index >= 15 is 0 Å². The number of carbonyl (C=O) groups excluding carboxylic acids is 5. The molecule has 2 aliphatic heterocycles. The van der Waals surface area contributed by atoms with Gasteiger partial charge in [0.15, 0.2) is 0 Å². The number of allylic oxidation sites excluding steroid dienone is 1. The molecule has 17 heteroatoms. The first kappa shape index (κ1) is 45.4. The SMILES string of the molecule is CCC(C)[C@H](NC(=O)[C@@H]1Cc2ccc(O)c(c2)C/C=C/CNCCC[C@H](N)C(=O)N[C@@H](Cc2cnc[nH]2)C(=O)N2CCC[C@H]2C(=O)N1)C(=O)N[C@@H](CC(C)C)C(=O)O. The Morgan fingerprint density at radius 2 is 1.81 bits per heavy atom. The quantitative estimate of drug-likeness (QED) is 0.144. The van der Waals surface area contributed by atoms with Crippen molar-refractivity contribution in [1.82, 2.24) is 41.5 Å². The van der Waals surface area contributed by atoms with Crippen LogP contribution in [0.4, 0.5) is 0 Å². The summed E-state index contributed by atoms with van der Waals surface area (Å²) in [4.78, 5) is 90.2. The Morgan fingerprint density at radius 3 is 2.50 bits per heavy atom. The van der Waals surface area contributed by atoms with Crippen LogP contribution in [0.2, 0.25) is 0 Å². The van der Waals surface area contributed by atoms with E-state index < -0.39 is 77.7 Å². The number of benzene rings is 1. The third kappa shape index (κ3) is 13.1. The van der Waals surface area contributed by atoms with Crippen LogP contribution in [-0.2, 0) is 48.0 Å². The molecule has 5 amide bonds. The van der Waals surface area contributed by atoms with Crippen molar-refractivity contribution in [2.75, 3.05) is 19.6 Å². The first-order valence-corrected chi connectivity index (χ1v) is 20.3. The van der Waals surface area contributed by atoms with Crippen molar-refractivity contribution in [3.05, 3.63) is 59.7 Å². The number of rotatable bonds is 11. The zero-order valence-electron chi connectivity index (χ0n) is 34.0. The molecule has 1 aromatic carbocycles. The summed E-state index contributed by atoms with van der Waals surface area (Å²) in [6.07, 6.45) is 9.66. The molecule has 0 saturated carbocycles. The number of carbonyl (C=O) groups is 6. The maximum absolute atomic E-state index is 14.3. The standard InChI is InChI=1S/C41H61N9O8/c1-5-25(4)35(39(55)48-32(41(57)58)18-24(2)3)49-37(53)30-20-26-13-14-34(51)27(19-26)10-6-7-15-43-16-8-11-29(42)36(52)47-31(21-28-22-44-23-45-28)40(56)50-17-9-12-33(50)38(54)46-30/h6-7,13-14,19,22-25,29-33,35,43,51H,5,8-12,15-18,20-21,42H2,1-4H3,(H,44,45)(H,46,54)(H,47,52)(H,48,55)(H,49,53)(H,57,58)/b7-6+/t25?,29-,30-,31-,32-,33-,35-/m0/s1. The molecule has 1 aromatic heterocycles. The topological polar surface area (TPSA) is 261 Å². The smallest absolute Gasteiger partial charge is 0.326 e. The highest BCUT2D eigenvalue weighted by Crippen LogP contribution is 2.23. The number of aromatic hydroxyl groups is 1. The van der Waals surface area contributed by atoms with E-state index in [-0.39, 0.29) is 37.5 Å². The molecule has 17 nitrogen and oxygen atoms in total. The number of amides is 5. The Morgan fingerprint density at radius 1 is 1.03 bits per heavy atom. The summed E-state index contributed by atoms with van der Waals surface area (Å²) in [5.41, 5.74) is 8.06. The molecule has 2 aromatic rings. The van der Waals surface area contributed by atoms with E-state index in [9.17, 15) is 39.0 Å². The maximum atomic E-state index is 14.3. The van der Waals surface area contributed by atoms with E-state index in [2.05, 4.69) is 36.6 Å². The van der Waals surface area contributed by atoms with Crippen LogP contribution in [-0.4, -0.2) is 116 Å². The van der Waals surface area contributed by atoms with Gasteiger partial charge >= 0.3 is 5.97 Å². The van der Waals surface area contributed by atoms with Crippen molar-refractivity contribution in [3.8, 4) is 5.75 Å². The number of H-pyrrole nitrogens is 1. The van der Waals surface area contributed by atoms with Gasteiger partial charge in [-0.05, 0) is 74.1 Å². The van der Waals surface area contributed by atoms with Gasteiger partial charge in [-0.25, -0.2) is 9.78 Å². The van der Waals surface area contributed by atoms with E-state index in [0.717, 1.165) is 0 Å². The van der Waals surface area contributed by atoms with Gasteiger partial charge in [0, 0.05) is 37.8 Å². The van der Waals surface area contributed by atoms with E-state index in [4.69, 9.17) is 5.73 Å². The zero-order chi connectivity index (χ0) is 42.4. The lowest BCUT2D eigenvalue weighted by molar-refractivity contribution is -0.143. The number of hydrogen-bond donors (Lipinski definition) is 9. The van der Waals surface area contributed by atoms with E-state index in [1.807, 2.05) is 32.9 Å². The fourth-order valence-corrected chi connectivity index (χ4v) is 7.21. The maximum Gasteiger partial charge on any atom is 0.326 e. The Hall–Kier alpha value is -5.29. The summed E-state index contributed by atoms with van der Waals surface area (Å²) in [6, 6.07) is -1.55. The number of aromatic nitrogens is 2. The minimum atomic E-state index is -1.25. The molecule has 1 unspecified atom stereocenters. The van der Waals surface area contributed by atoms with E-state index in [0.29, 0.717) is 68.4 Å². The normalized spacial score (nSPS) is 23.6. The molecular weight excluding hydrogens is 747 g/mol. The van der Waals surface area contributed by atoms with E-state index in [1.165, 1.54) is 17.3 Å². The van der Waals surface area contributed by atoms with Crippen molar-refractivity contribution >= 4 is 35.5 Å². The van der Waals surface area contributed by atoms with Crippen LogP contribution in [0.5, 0.6) is 5.75 Å². The summed E-state index contributed by atoms with van der Waals surface area (Å²) in [6.45, 7) is 8.65. The van der Waals surface area contributed by atoms with Crippen LogP contribution in [0, 0.1) is 11.8 Å². The Balaban J connectivity index is 1.68. The van der Waals surface area contributed by atoms with Crippen molar-refractivity contribution in [2.45, 2.75) is 122 Å². The lowest BCUT2D eigenvalue weighted by Gasteiger charge is -2.31. The molecule has 2 bridgehead atoms. The lowest BCUT2D eigenvalue weighted by Crippen LogP contribution is -2.60. The Kier molecular flexibility index (Phi) is 17.2. The number of phenolic OH excluding ortho intramolecular Hbond substituents is 1. The van der Waals surface area contributed by atoms with Gasteiger partial charge in [0.05, 0.1) is 12.4 Å². The highest BCUT2D eigenvalue weighted by atomic mass is 16.4. The van der Waals surface area contributed by atoms with Gasteiger partial charge in [0.2, 0.25) is 29.5 Å². The number of phenols is 1. The number of hydrogen-bond acceptors (Lipinski definition) is 10. The van der Waals surface area contributed by atoms with Gasteiger partial charge in [0.25, 0.3) is 0 Å². The first-order valence-electron chi connectivity index (χ1n) is 20.3. The number of nitrogens with two attached hydrogens (primary N) is 1.